The van der Waals surface area contributed by atoms with E-state index in [-0.39, 0.29) is 18.9 Å². The van der Waals surface area contributed by atoms with Gasteiger partial charge in [0.05, 0.1) is 31.2 Å². The summed E-state index contributed by atoms with van der Waals surface area (Å²) in [4.78, 5) is 25.3. The average Bonchev–Trinajstić information content (AvgIpc) is 2.68. The van der Waals surface area contributed by atoms with E-state index in [1.807, 2.05) is 44.2 Å². The average molecular weight is 442 g/mol. The Kier molecular flexibility index (Phi) is 10.7. The molecule has 0 aliphatic rings. The van der Waals surface area contributed by atoms with Crippen molar-refractivity contribution in [3.63, 3.8) is 0 Å². The third kappa shape index (κ3) is 8.62. The highest BCUT2D eigenvalue weighted by atomic mass is 32.2. The van der Waals surface area contributed by atoms with Crippen LogP contribution in [0.1, 0.15) is 32.3 Å². The molecule has 0 heterocycles. The normalized spacial score (nSPS) is 14.1. The summed E-state index contributed by atoms with van der Waals surface area (Å²) in [6.45, 7) is 2.94. The maximum absolute atomic E-state index is 12.9. The number of carbonyl (C=O) groups excluding carboxylic acids is 2. The van der Waals surface area contributed by atoms with Crippen LogP contribution >= 0.6 is 0 Å². The first-order valence-corrected chi connectivity index (χ1v) is 11.5. The molecule has 2 amide bonds. The van der Waals surface area contributed by atoms with Crippen molar-refractivity contribution in [3.05, 3.63) is 42.0 Å². The van der Waals surface area contributed by atoms with Crippen molar-refractivity contribution in [2.24, 2.45) is 17.8 Å². The van der Waals surface area contributed by atoms with Gasteiger partial charge in [-0.05, 0) is 24.3 Å². The molecule has 0 bridgehead atoms. The number of sulfonamides is 1. The summed E-state index contributed by atoms with van der Waals surface area (Å²) in [5.74, 6) is -3.21. The molecule has 9 nitrogen and oxygen atoms in total. The Bertz CT molecular complexity index is 811. The number of nitrogens with one attached hydrogen (secondary N) is 2. The summed E-state index contributed by atoms with van der Waals surface area (Å²) in [6.07, 6.45) is 4.89. The van der Waals surface area contributed by atoms with Gasteiger partial charge in [-0.1, -0.05) is 56.3 Å². The zero-order chi connectivity index (χ0) is 22.7. The lowest BCUT2D eigenvalue weighted by Gasteiger charge is -2.28. The molecule has 1 aromatic carbocycles. The number of hydroxylamine groups is 1. The van der Waals surface area contributed by atoms with Crippen molar-refractivity contribution in [1.29, 1.82) is 0 Å². The SMILES string of the molecule is CC(C)C[C@@H](C(=O)NN(CCO)S(C)(=O)=O)[C@H](CC=Cc1ccccc1)C(=O)NO. The number of allylic oxidation sites excluding steroid dienone is 1. The van der Waals surface area contributed by atoms with Crippen molar-refractivity contribution in [2.75, 3.05) is 19.4 Å². The molecule has 168 valence electrons. The van der Waals surface area contributed by atoms with Gasteiger partial charge in [0.15, 0.2) is 0 Å². The number of amides is 2. The highest BCUT2D eigenvalue weighted by Crippen LogP contribution is 2.25. The Labute approximate surface area is 177 Å². The first kappa shape index (κ1) is 25.8. The van der Waals surface area contributed by atoms with Crippen LogP contribution in [0.4, 0.5) is 0 Å². The topological polar surface area (TPSA) is 136 Å². The molecule has 10 heteroatoms. The lowest BCUT2D eigenvalue weighted by atomic mass is 9.82. The van der Waals surface area contributed by atoms with Crippen LogP contribution in [0, 0.1) is 17.8 Å². The van der Waals surface area contributed by atoms with Gasteiger partial charge >= 0.3 is 0 Å². The predicted octanol–water partition coefficient (Wildman–Crippen LogP) is 1.16. The standard InChI is InChI=1S/C20H31N3O6S/c1-15(2)14-18(19(25)21-23(12-13-24)30(3,28)29)17(20(26)22-27)11-7-10-16-8-5-4-6-9-16/h4-10,15,17-18,24,27H,11-14H2,1-3H3,(H,21,25)(H,22,26)/t17-,18+/m0/s1. The van der Waals surface area contributed by atoms with Crippen LogP contribution in [0.2, 0.25) is 0 Å². The fourth-order valence-electron chi connectivity index (χ4n) is 3.01. The van der Waals surface area contributed by atoms with Crippen LogP contribution in [0.25, 0.3) is 6.08 Å². The van der Waals surface area contributed by atoms with Gasteiger partial charge < -0.3 is 5.11 Å². The van der Waals surface area contributed by atoms with E-state index in [9.17, 15) is 23.2 Å². The molecule has 0 aliphatic carbocycles. The molecule has 0 spiro atoms. The second-order valence-corrected chi connectivity index (χ2v) is 9.31. The van der Waals surface area contributed by atoms with Gasteiger partial charge in [-0.25, -0.2) is 13.9 Å². The number of nitrogens with zero attached hydrogens (tertiary/aromatic N) is 1. The maximum atomic E-state index is 12.9. The molecule has 1 rings (SSSR count). The van der Waals surface area contributed by atoms with Crippen LogP contribution in [0.3, 0.4) is 0 Å². The fraction of sp³-hybridized carbons (Fsp3) is 0.500. The summed E-state index contributed by atoms with van der Waals surface area (Å²) >= 11 is 0. The minimum atomic E-state index is -3.81. The molecule has 0 aromatic heterocycles. The first-order chi connectivity index (χ1) is 14.1. The number of rotatable bonds is 12. The number of benzene rings is 1. The van der Waals surface area contributed by atoms with Crippen LogP contribution in [-0.2, 0) is 19.6 Å². The van der Waals surface area contributed by atoms with Crippen LogP contribution in [-0.4, -0.2) is 54.4 Å². The Balaban J connectivity index is 3.11. The van der Waals surface area contributed by atoms with Crippen LogP contribution < -0.4 is 10.9 Å². The zero-order valence-electron chi connectivity index (χ0n) is 17.5. The van der Waals surface area contributed by atoms with E-state index in [0.717, 1.165) is 11.8 Å². The Morgan fingerprint density at radius 3 is 2.27 bits per heavy atom. The number of aliphatic hydroxyl groups is 1. The summed E-state index contributed by atoms with van der Waals surface area (Å²) in [6, 6.07) is 9.38. The highest BCUT2D eigenvalue weighted by molar-refractivity contribution is 7.88. The number of hydrogen-bond acceptors (Lipinski definition) is 6. The molecule has 1 aromatic rings. The van der Waals surface area contributed by atoms with Gasteiger partial charge in [-0.2, -0.15) is 0 Å². The molecule has 0 saturated carbocycles. The zero-order valence-corrected chi connectivity index (χ0v) is 18.3. The molecule has 0 aliphatic heterocycles. The van der Waals surface area contributed by atoms with Gasteiger partial charge in [0.2, 0.25) is 21.8 Å². The monoisotopic (exact) mass is 441 g/mol. The Hall–Kier alpha value is -2.27. The van der Waals surface area contributed by atoms with Crippen LogP contribution in [0.15, 0.2) is 36.4 Å². The molecule has 30 heavy (non-hydrogen) atoms. The number of aliphatic hydroxyl groups excluding tert-OH is 1. The fourth-order valence-corrected chi connectivity index (χ4v) is 3.68. The minimum Gasteiger partial charge on any atom is -0.395 e. The molecule has 0 saturated heterocycles. The third-order valence-electron chi connectivity index (χ3n) is 4.43. The minimum absolute atomic E-state index is 0.0253. The highest BCUT2D eigenvalue weighted by Gasteiger charge is 2.35. The molecule has 0 radical (unpaired) electrons. The number of hydrogen-bond donors (Lipinski definition) is 4. The van der Waals surface area contributed by atoms with Crippen molar-refractivity contribution in [3.8, 4) is 0 Å². The van der Waals surface area contributed by atoms with Gasteiger partial charge in [0.1, 0.15) is 0 Å². The molecular weight excluding hydrogens is 410 g/mol. The van der Waals surface area contributed by atoms with Gasteiger partial charge in [0.25, 0.3) is 0 Å². The van der Waals surface area contributed by atoms with Crippen molar-refractivity contribution in [1.82, 2.24) is 15.3 Å². The molecule has 0 unspecified atom stereocenters. The van der Waals surface area contributed by atoms with Crippen molar-refractivity contribution >= 4 is 27.9 Å². The number of carbonyl (C=O) groups is 2. The second kappa shape index (κ2) is 12.4. The van der Waals surface area contributed by atoms with Crippen LogP contribution in [0.5, 0.6) is 0 Å². The predicted molar refractivity (Wildman–Crippen MR) is 113 cm³/mol. The summed E-state index contributed by atoms with van der Waals surface area (Å²) in [5.41, 5.74) is 4.81. The van der Waals surface area contributed by atoms with Gasteiger partial charge in [-0.15, -0.1) is 4.41 Å². The molecular formula is C20H31N3O6S. The maximum Gasteiger partial charge on any atom is 0.247 e. The van der Waals surface area contributed by atoms with E-state index in [0.29, 0.717) is 10.8 Å². The lowest BCUT2D eigenvalue weighted by Crippen LogP contribution is -2.51. The van der Waals surface area contributed by atoms with E-state index in [1.54, 1.807) is 17.6 Å². The summed E-state index contributed by atoms with van der Waals surface area (Å²) < 4.78 is 24.4. The first-order valence-electron chi connectivity index (χ1n) is 9.64. The van der Waals surface area contributed by atoms with E-state index in [2.05, 4.69) is 5.43 Å². The quantitative estimate of drug-likeness (QED) is 0.284. The molecule has 4 N–H and O–H groups in total. The van der Waals surface area contributed by atoms with E-state index in [4.69, 9.17) is 5.11 Å². The van der Waals surface area contributed by atoms with E-state index in [1.165, 1.54) is 0 Å². The second-order valence-electron chi connectivity index (χ2n) is 7.40. The smallest absolute Gasteiger partial charge is 0.247 e. The largest absolute Gasteiger partial charge is 0.395 e. The Morgan fingerprint density at radius 1 is 1.13 bits per heavy atom. The van der Waals surface area contributed by atoms with Crippen molar-refractivity contribution < 1.29 is 28.3 Å². The number of hydrazine groups is 1. The van der Waals surface area contributed by atoms with Gasteiger partial charge in [-0.3, -0.25) is 20.2 Å². The Morgan fingerprint density at radius 2 is 1.77 bits per heavy atom. The molecule has 2 atom stereocenters. The molecule has 0 fully saturated rings. The third-order valence-corrected chi connectivity index (χ3v) is 5.51. The van der Waals surface area contributed by atoms with Crippen molar-refractivity contribution in [2.45, 2.75) is 26.7 Å². The summed E-state index contributed by atoms with van der Waals surface area (Å²) in [5, 5.41) is 18.3. The van der Waals surface area contributed by atoms with Gasteiger partial charge in [0, 0.05) is 0 Å². The lowest BCUT2D eigenvalue weighted by molar-refractivity contribution is -0.141. The van der Waals surface area contributed by atoms with E-state index < -0.39 is 40.3 Å². The van der Waals surface area contributed by atoms with E-state index >= 15 is 0 Å². The summed E-state index contributed by atoms with van der Waals surface area (Å²) in [7, 11) is -3.81.